The van der Waals surface area contributed by atoms with Gasteiger partial charge in [0.1, 0.15) is 5.82 Å². The van der Waals surface area contributed by atoms with Crippen molar-refractivity contribution in [2.45, 2.75) is 23.8 Å². The van der Waals surface area contributed by atoms with Crippen LogP contribution >= 0.6 is 11.8 Å². The number of hydrogen-bond donors (Lipinski definition) is 3. The summed E-state index contributed by atoms with van der Waals surface area (Å²) in [5, 5.41) is 9.45. The number of aromatic amines is 2. The SMILES string of the molecule is O=c1[nH]c(=O)c2cc(C(F)(F)F)c(-c3ccc(F)cc3)c(SC[C@H](CO)OCc3ccccc3)c2[nH]1. The summed E-state index contributed by atoms with van der Waals surface area (Å²) in [5.74, 6) is -0.634. The quantitative estimate of drug-likeness (QED) is 0.231. The van der Waals surface area contributed by atoms with Crippen LogP contribution in [0.5, 0.6) is 0 Å². The summed E-state index contributed by atoms with van der Waals surface area (Å²) >= 11 is 0.889. The first-order valence-corrected chi connectivity index (χ1v) is 11.7. The number of aromatic nitrogens is 2. The lowest BCUT2D eigenvalue weighted by molar-refractivity contribution is -0.137. The van der Waals surface area contributed by atoms with Crippen LogP contribution in [-0.2, 0) is 17.5 Å². The van der Waals surface area contributed by atoms with Crippen molar-refractivity contribution in [3.8, 4) is 11.1 Å². The van der Waals surface area contributed by atoms with Crippen LogP contribution in [0.4, 0.5) is 17.6 Å². The lowest BCUT2D eigenvalue weighted by Crippen LogP contribution is -2.24. The monoisotopic (exact) mass is 520 g/mol. The topological polar surface area (TPSA) is 95.2 Å². The largest absolute Gasteiger partial charge is 0.417 e. The number of H-pyrrole nitrogens is 2. The highest BCUT2D eigenvalue weighted by Gasteiger charge is 2.36. The Morgan fingerprint density at radius 3 is 2.33 bits per heavy atom. The van der Waals surface area contributed by atoms with Gasteiger partial charge in [-0.15, -0.1) is 11.8 Å². The van der Waals surface area contributed by atoms with Gasteiger partial charge in [-0.1, -0.05) is 42.5 Å². The van der Waals surface area contributed by atoms with Crippen molar-refractivity contribution in [2.24, 2.45) is 0 Å². The molecule has 0 aliphatic carbocycles. The second-order valence-corrected chi connectivity index (χ2v) is 8.91. The van der Waals surface area contributed by atoms with Crippen LogP contribution in [0, 0.1) is 5.82 Å². The third-order valence-corrected chi connectivity index (χ3v) is 6.61. The smallest absolute Gasteiger partial charge is 0.394 e. The third kappa shape index (κ3) is 5.69. The fourth-order valence-corrected chi connectivity index (χ4v) is 4.90. The van der Waals surface area contributed by atoms with E-state index in [9.17, 15) is 32.3 Å². The minimum Gasteiger partial charge on any atom is -0.394 e. The lowest BCUT2D eigenvalue weighted by atomic mass is 9.97. The molecule has 4 rings (SSSR count). The van der Waals surface area contributed by atoms with Crippen molar-refractivity contribution in [1.82, 2.24) is 9.97 Å². The van der Waals surface area contributed by atoms with Crippen molar-refractivity contribution >= 4 is 22.7 Å². The van der Waals surface area contributed by atoms with Gasteiger partial charge in [0.25, 0.3) is 5.56 Å². The van der Waals surface area contributed by atoms with Crippen LogP contribution in [0.2, 0.25) is 0 Å². The molecule has 0 saturated carbocycles. The number of alkyl halides is 3. The van der Waals surface area contributed by atoms with Gasteiger partial charge in [-0.3, -0.25) is 9.78 Å². The first kappa shape index (κ1) is 25.7. The average molecular weight is 521 g/mol. The maximum absolute atomic E-state index is 14.2. The number of rotatable bonds is 8. The molecule has 3 aromatic carbocycles. The van der Waals surface area contributed by atoms with Gasteiger partial charge in [-0.25, -0.2) is 9.18 Å². The molecule has 1 heterocycles. The highest BCUT2D eigenvalue weighted by atomic mass is 32.2. The summed E-state index contributed by atoms with van der Waals surface area (Å²) in [6, 6.07) is 14.2. The maximum Gasteiger partial charge on any atom is 0.417 e. The molecule has 188 valence electrons. The normalized spacial score (nSPS) is 12.7. The van der Waals surface area contributed by atoms with Crippen molar-refractivity contribution in [1.29, 1.82) is 0 Å². The number of nitrogens with one attached hydrogen (secondary N) is 2. The molecule has 1 atom stereocenters. The van der Waals surface area contributed by atoms with Crippen LogP contribution in [0.1, 0.15) is 11.1 Å². The van der Waals surface area contributed by atoms with Crippen LogP contribution in [0.25, 0.3) is 22.0 Å². The molecule has 3 N–H and O–H groups in total. The first-order chi connectivity index (χ1) is 17.2. The zero-order valence-electron chi connectivity index (χ0n) is 18.6. The Balaban J connectivity index is 1.82. The number of ether oxygens (including phenoxy) is 1. The van der Waals surface area contributed by atoms with E-state index in [1.54, 1.807) is 0 Å². The molecule has 0 saturated heterocycles. The molecule has 1 aromatic heterocycles. The predicted molar refractivity (Wildman–Crippen MR) is 128 cm³/mol. The highest BCUT2D eigenvalue weighted by molar-refractivity contribution is 7.99. The van der Waals surface area contributed by atoms with Crippen LogP contribution in [0.15, 0.2) is 75.1 Å². The van der Waals surface area contributed by atoms with Crippen molar-refractivity contribution < 1.29 is 27.4 Å². The van der Waals surface area contributed by atoms with E-state index in [-0.39, 0.29) is 39.3 Å². The van der Waals surface area contributed by atoms with E-state index in [0.717, 1.165) is 29.5 Å². The number of hydrogen-bond acceptors (Lipinski definition) is 5. The number of thioether (sulfide) groups is 1. The number of aliphatic hydroxyl groups excluding tert-OH is 1. The van der Waals surface area contributed by atoms with E-state index in [2.05, 4.69) is 4.98 Å². The van der Waals surface area contributed by atoms with E-state index in [4.69, 9.17) is 4.74 Å². The summed E-state index contributed by atoms with van der Waals surface area (Å²) in [6.07, 6.45) is -5.63. The zero-order chi connectivity index (χ0) is 25.9. The molecule has 0 unspecified atom stereocenters. The van der Waals surface area contributed by atoms with Gasteiger partial charge in [-0.2, -0.15) is 13.2 Å². The summed E-state index contributed by atoms with van der Waals surface area (Å²) in [7, 11) is 0. The van der Waals surface area contributed by atoms with Gasteiger partial charge in [0, 0.05) is 16.2 Å². The Kier molecular flexibility index (Phi) is 7.62. The molecule has 4 aromatic rings. The van der Waals surface area contributed by atoms with E-state index < -0.39 is 41.5 Å². The number of halogens is 4. The Labute approximate surface area is 206 Å². The highest BCUT2D eigenvalue weighted by Crippen LogP contribution is 2.45. The van der Waals surface area contributed by atoms with Crippen LogP contribution in [0.3, 0.4) is 0 Å². The van der Waals surface area contributed by atoms with Gasteiger partial charge < -0.3 is 14.8 Å². The Morgan fingerprint density at radius 1 is 1.00 bits per heavy atom. The fourth-order valence-electron chi connectivity index (χ4n) is 3.67. The minimum absolute atomic E-state index is 0.00275. The van der Waals surface area contributed by atoms with E-state index in [1.807, 2.05) is 35.3 Å². The van der Waals surface area contributed by atoms with E-state index >= 15 is 0 Å². The van der Waals surface area contributed by atoms with Gasteiger partial charge in [0.15, 0.2) is 0 Å². The number of aliphatic hydroxyl groups is 1. The van der Waals surface area contributed by atoms with Gasteiger partial charge in [0.05, 0.1) is 35.8 Å². The van der Waals surface area contributed by atoms with Crippen molar-refractivity contribution in [3.63, 3.8) is 0 Å². The summed E-state index contributed by atoms with van der Waals surface area (Å²) in [4.78, 5) is 28.8. The summed E-state index contributed by atoms with van der Waals surface area (Å²) in [5.41, 5.74) is -2.52. The second kappa shape index (κ2) is 10.7. The zero-order valence-corrected chi connectivity index (χ0v) is 19.4. The number of fused-ring (bicyclic) bond motifs is 1. The Hall–Kier alpha value is -3.41. The molecule has 0 fully saturated rings. The molecule has 0 spiro atoms. The minimum atomic E-state index is -4.87. The molecule has 0 bridgehead atoms. The first-order valence-electron chi connectivity index (χ1n) is 10.7. The molecule has 36 heavy (non-hydrogen) atoms. The van der Waals surface area contributed by atoms with Gasteiger partial charge in [-0.05, 0) is 29.3 Å². The Morgan fingerprint density at radius 2 is 1.69 bits per heavy atom. The summed E-state index contributed by atoms with van der Waals surface area (Å²) < 4.78 is 61.8. The van der Waals surface area contributed by atoms with E-state index in [1.165, 1.54) is 12.1 Å². The lowest BCUT2D eigenvalue weighted by Gasteiger charge is -2.21. The fraction of sp³-hybridized carbons (Fsp3) is 0.200. The van der Waals surface area contributed by atoms with Gasteiger partial charge >= 0.3 is 11.9 Å². The van der Waals surface area contributed by atoms with Gasteiger partial charge in [0.2, 0.25) is 0 Å². The average Bonchev–Trinajstić information content (AvgIpc) is 2.84. The second-order valence-electron chi connectivity index (χ2n) is 7.88. The molecule has 0 aliphatic rings. The molecule has 6 nitrogen and oxygen atoms in total. The molecule has 11 heteroatoms. The van der Waals surface area contributed by atoms with Crippen LogP contribution in [-0.4, -0.2) is 33.5 Å². The Bertz CT molecular complexity index is 1470. The number of benzene rings is 3. The van der Waals surface area contributed by atoms with Crippen LogP contribution < -0.4 is 11.2 Å². The van der Waals surface area contributed by atoms with E-state index in [0.29, 0.717) is 6.07 Å². The maximum atomic E-state index is 14.2. The molecular weight excluding hydrogens is 500 g/mol. The summed E-state index contributed by atoms with van der Waals surface area (Å²) in [6.45, 7) is -0.253. The molecular formula is C25H20F4N2O4S. The van der Waals surface area contributed by atoms with Crippen molar-refractivity contribution in [2.75, 3.05) is 12.4 Å². The standard InChI is InChI=1S/C25H20F4N2O4S/c26-16-8-6-15(7-9-16)20-19(25(27,28)29)10-18-21(30-24(34)31-23(18)33)22(20)36-13-17(11-32)35-12-14-4-2-1-3-5-14/h1-10,17,32H,11-13H2,(H2,30,31,33,34)/t17-/m0/s1. The molecule has 0 amide bonds. The molecule has 0 radical (unpaired) electrons. The molecule has 0 aliphatic heterocycles. The third-order valence-electron chi connectivity index (χ3n) is 5.38. The van der Waals surface area contributed by atoms with Crippen molar-refractivity contribution in [3.05, 3.63) is 98.4 Å². The predicted octanol–water partition coefficient (Wildman–Crippen LogP) is 4.71.